The highest BCUT2D eigenvalue weighted by Crippen LogP contribution is 2.16. The standard InChI is InChI=1S/C28H30N2O5/c1-2-34-24-12-8-22(9-13-24)20-26(28(33)29-17-18-31)30-27(32)23-10-14-25(15-11-23)35-19-16-21-6-4-3-5-7-21/h3-15,20,31H,2,16-19H2,1H3,(H,29,33)(H,30,32)/b26-20-. The first-order valence-corrected chi connectivity index (χ1v) is 11.5. The summed E-state index contributed by atoms with van der Waals surface area (Å²) in [6.07, 6.45) is 2.35. The molecule has 0 aromatic heterocycles. The van der Waals surface area contributed by atoms with E-state index >= 15 is 0 Å². The molecule has 0 radical (unpaired) electrons. The third-order valence-electron chi connectivity index (χ3n) is 5.01. The minimum absolute atomic E-state index is 0.0656. The summed E-state index contributed by atoms with van der Waals surface area (Å²) < 4.78 is 11.2. The van der Waals surface area contributed by atoms with Crippen molar-refractivity contribution in [1.29, 1.82) is 0 Å². The average Bonchev–Trinajstić information content (AvgIpc) is 2.89. The van der Waals surface area contributed by atoms with Gasteiger partial charge in [0.15, 0.2) is 0 Å². The molecule has 0 saturated carbocycles. The van der Waals surface area contributed by atoms with Crippen molar-refractivity contribution in [2.45, 2.75) is 13.3 Å². The number of rotatable bonds is 12. The topological polar surface area (TPSA) is 96.9 Å². The van der Waals surface area contributed by atoms with E-state index in [0.717, 1.165) is 6.42 Å². The van der Waals surface area contributed by atoms with Gasteiger partial charge in [0.25, 0.3) is 11.8 Å². The van der Waals surface area contributed by atoms with Crippen LogP contribution in [0.15, 0.2) is 84.6 Å². The van der Waals surface area contributed by atoms with Crippen molar-refractivity contribution in [3.63, 3.8) is 0 Å². The Labute approximate surface area is 205 Å². The quantitative estimate of drug-likeness (QED) is 0.349. The fourth-order valence-corrected chi connectivity index (χ4v) is 3.25. The molecule has 7 nitrogen and oxygen atoms in total. The van der Waals surface area contributed by atoms with Crippen LogP contribution in [0.3, 0.4) is 0 Å². The summed E-state index contributed by atoms with van der Waals surface area (Å²) in [5.74, 6) is 0.439. The van der Waals surface area contributed by atoms with Crippen LogP contribution in [0.5, 0.6) is 11.5 Å². The Morgan fingerprint density at radius 1 is 0.886 bits per heavy atom. The van der Waals surface area contributed by atoms with E-state index in [2.05, 4.69) is 10.6 Å². The first kappa shape index (κ1) is 25.5. The Morgan fingerprint density at radius 3 is 2.20 bits per heavy atom. The molecule has 0 aliphatic rings. The van der Waals surface area contributed by atoms with E-state index in [1.54, 1.807) is 54.6 Å². The number of carbonyl (C=O) groups excluding carboxylic acids is 2. The van der Waals surface area contributed by atoms with Crippen LogP contribution in [0.4, 0.5) is 0 Å². The van der Waals surface area contributed by atoms with E-state index in [-0.39, 0.29) is 18.8 Å². The number of benzene rings is 3. The Morgan fingerprint density at radius 2 is 1.54 bits per heavy atom. The number of hydrogen-bond acceptors (Lipinski definition) is 5. The molecule has 182 valence electrons. The summed E-state index contributed by atoms with van der Waals surface area (Å²) in [5, 5.41) is 14.3. The maximum Gasteiger partial charge on any atom is 0.267 e. The van der Waals surface area contributed by atoms with Crippen LogP contribution in [-0.2, 0) is 11.2 Å². The smallest absolute Gasteiger partial charge is 0.267 e. The second-order valence-electron chi connectivity index (χ2n) is 7.60. The van der Waals surface area contributed by atoms with Crippen LogP contribution in [0.1, 0.15) is 28.4 Å². The first-order chi connectivity index (χ1) is 17.1. The minimum atomic E-state index is -0.498. The molecule has 0 aliphatic heterocycles. The Hall–Kier alpha value is -4.10. The normalized spacial score (nSPS) is 11.0. The van der Waals surface area contributed by atoms with Crippen molar-refractivity contribution < 1.29 is 24.2 Å². The van der Waals surface area contributed by atoms with E-state index in [9.17, 15) is 9.59 Å². The van der Waals surface area contributed by atoms with Gasteiger partial charge >= 0.3 is 0 Å². The molecular formula is C28H30N2O5. The molecule has 3 aromatic rings. The van der Waals surface area contributed by atoms with Gasteiger partial charge in [-0.05, 0) is 60.5 Å². The van der Waals surface area contributed by atoms with Gasteiger partial charge in [0.05, 0.1) is 19.8 Å². The Bertz CT molecular complexity index is 1110. The molecule has 0 aliphatic carbocycles. The lowest BCUT2D eigenvalue weighted by atomic mass is 10.1. The van der Waals surface area contributed by atoms with Gasteiger partial charge in [0.1, 0.15) is 17.2 Å². The Balaban J connectivity index is 1.65. The summed E-state index contributed by atoms with van der Waals surface area (Å²) in [7, 11) is 0. The van der Waals surface area contributed by atoms with Gasteiger partial charge in [-0.15, -0.1) is 0 Å². The monoisotopic (exact) mass is 474 g/mol. The van der Waals surface area contributed by atoms with Crippen LogP contribution >= 0.6 is 0 Å². The van der Waals surface area contributed by atoms with E-state index in [4.69, 9.17) is 14.6 Å². The zero-order valence-corrected chi connectivity index (χ0v) is 19.7. The molecule has 0 heterocycles. The highest BCUT2D eigenvalue weighted by atomic mass is 16.5. The lowest BCUT2D eigenvalue weighted by Crippen LogP contribution is -2.36. The van der Waals surface area contributed by atoms with Crippen molar-refractivity contribution in [3.8, 4) is 11.5 Å². The van der Waals surface area contributed by atoms with E-state index in [1.807, 2.05) is 37.3 Å². The number of ether oxygens (including phenoxy) is 2. The summed E-state index contributed by atoms with van der Waals surface area (Å²) in [6.45, 7) is 2.84. The third kappa shape index (κ3) is 8.32. The number of nitrogens with one attached hydrogen (secondary N) is 2. The Kier molecular flexibility index (Phi) is 9.89. The average molecular weight is 475 g/mol. The molecule has 3 N–H and O–H groups in total. The second-order valence-corrected chi connectivity index (χ2v) is 7.60. The van der Waals surface area contributed by atoms with Gasteiger partial charge in [-0.2, -0.15) is 0 Å². The molecule has 0 saturated heterocycles. The maximum atomic E-state index is 12.8. The molecular weight excluding hydrogens is 444 g/mol. The molecule has 3 aromatic carbocycles. The van der Waals surface area contributed by atoms with Crippen molar-refractivity contribution in [2.75, 3.05) is 26.4 Å². The predicted octanol–water partition coefficient (Wildman–Crippen LogP) is 3.59. The zero-order chi connectivity index (χ0) is 24.9. The number of aliphatic hydroxyl groups excluding tert-OH is 1. The molecule has 0 spiro atoms. The molecule has 3 rings (SSSR count). The van der Waals surface area contributed by atoms with Crippen LogP contribution in [0, 0.1) is 0 Å². The van der Waals surface area contributed by atoms with E-state index in [0.29, 0.717) is 35.8 Å². The largest absolute Gasteiger partial charge is 0.494 e. The van der Waals surface area contributed by atoms with Crippen LogP contribution in [0.2, 0.25) is 0 Å². The van der Waals surface area contributed by atoms with Crippen LogP contribution < -0.4 is 20.1 Å². The molecule has 0 atom stereocenters. The van der Waals surface area contributed by atoms with Gasteiger partial charge < -0.3 is 25.2 Å². The summed E-state index contributed by atoms with van der Waals surface area (Å²) in [6, 6.07) is 24.0. The SMILES string of the molecule is CCOc1ccc(/C=C(\NC(=O)c2ccc(OCCc3ccccc3)cc2)C(=O)NCCO)cc1. The fraction of sp³-hybridized carbons (Fsp3) is 0.214. The second kappa shape index (κ2) is 13.6. The number of aliphatic hydroxyl groups is 1. The molecule has 0 fully saturated rings. The minimum Gasteiger partial charge on any atom is -0.494 e. The highest BCUT2D eigenvalue weighted by Gasteiger charge is 2.14. The molecule has 0 bridgehead atoms. The van der Waals surface area contributed by atoms with Crippen molar-refractivity contribution in [1.82, 2.24) is 10.6 Å². The molecule has 35 heavy (non-hydrogen) atoms. The fourth-order valence-electron chi connectivity index (χ4n) is 3.25. The maximum absolute atomic E-state index is 12.8. The number of amides is 2. The third-order valence-corrected chi connectivity index (χ3v) is 5.01. The van der Waals surface area contributed by atoms with E-state index < -0.39 is 11.8 Å². The van der Waals surface area contributed by atoms with Crippen LogP contribution in [0.25, 0.3) is 6.08 Å². The van der Waals surface area contributed by atoms with Gasteiger partial charge in [0, 0.05) is 18.5 Å². The van der Waals surface area contributed by atoms with Crippen molar-refractivity contribution >= 4 is 17.9 Å². The van der Waals surface area contributed by atoms with Gasteiger partial charge in [-0.3, -0.25) is 9.59 Å². The predicted molar refractivity (Wildman–Crippen MR) is 135 cm³/mol. The van der Waals surface area contributed by atoms with Crippen molar-refractivity contribution in [3.05, 3.63) is 101 Å². The molecule has 0 unspecified atom stereocenters. The van der Waals surface area contributed by atoms with E-state index in [1.165, 1.54) is 5.56 Å². The summed E-state index contributed by atoms with van der Waals surface area (Å²) in [4.78, 5) is 25.4. The van der Waals surface area contributed by atoms with Gasteiger partial charge in [-0.1, -0.05) is 42.5 Å². The molecule has 7 heteroatoms. The van der Waals surface area contributed by atoms with Crippen molar-refractivity contribution in [2.24, 2.45) is 0 Å². The van der Waals surface area contributed by atoms with Gasteiger partial charge in [-0.25, -0.2) is 0 Å². The van der Waals surface area contributed by atoms with Crippen LogP contribution in [-0.4, -0.2) is 43.3 Å². The zero-order valence-electron chi connectivity index (χ0n) is 19.7. The number of carbonyl (C=O) groups is 2. The summed E-state index contributed by atoms with van der Waals surface area (Å²) in [5.41, 5.74) is 2.35. The highest BCUT2D eigenvalue weighted by molar-refractivity contribution is 6.05. The lowest BCUT2D eigenvalue weighted by molar-refractivity contribution is -0.117. The van der Waals surface area contributed by atoms with Gasteiger partial charge in [0.2, 0.25) is 0 Å². The lowest BCUT2D eigenvalue weighted by Gasteiger charge is -2.12. The molecule has 2 amide bonds. The summed E-state index contributed by atoms with van der Waals surface area (Å²) >= 11 is 0. The first-order valence-electron chi connectivity index (χ1n) is 11.5. The number of hydrogen-bond donors (Lipinski definition) is 3.